The molecule has 0 radical (unpaired) electrons. The number of carbonyl (C=O) groups is 2. The molecule has 2 N–H and O–H groups in total. The molecule has 1 aromatic heterocycles. The number of methoxy groups -OCH3 is 1. The highest BCUT2D eigenvalue weighted by Crippen LogP contribution is 2.11. The summed E-state index contributed by atoms with van der Waals surface area (Å²) in [6.07, 6.45) is 1.46. The Labute approximate surface area is 147 Å². The third kappa shape index (κ3) is 5.60. The largest absolute Gasteiger partial charge is 0.497 e. The number of benzene rings is 1. The maximum Gasteiger partial charge on any atom is 0.270 e. The van der Waals surface area contributed by atoms with Gasteiger partial charge in [0.15, 0.2) is 0 Å². The van der Waals surface area contributed by atoms with E-state index in [0.717, 1.165) is 11.3 Å². The lowest BCUT2D eigenvalue weighted by atomic mass is 10.1. The minimum atomic E-state index is -0.325. The Balaban J connectivity index is 1.96. The molecule has 0 unspecified atom stereocenters. The van der Waals surface area contributed by atoms with E-state index in [2.05, 4.69) is 15.6 Å². The summed E-state index contributed by atoms with van der Waals surface area (Å²) in [5.41, 5.74) is 1.58. The van der Waals surface area contributed by atoms with Gasteiger partial charge in [-0.05, 0) is 35.7 Å². The molecule has 1 aromatic carbocycles. The Morgan fingerprint density at radius 3 is 2.44 bits per heavy atom. The number of amides is 2. The highest BCUT2D eigenvalue weighted by Gasteiger charge is 2.12. The molecule has 1 heterocycles. The Bertz CT molecular complexity index is 727. The van der Waals surface area contributed by atoms with Crippen LogP contribution in [0.4, 0.5) is 0 Å². The van der Waals surface area contributed by atoms with Gasteiger partial charge in [-0.2, -0.15) is 0 Å². The molecule has 0 saturated carbocycles. The average Bonchev–Trinajstić information content (AvgIpc) is 2.64. The maximum atomic E-state index is 12.3. The van der Waals surface area contributed by atoms with Gasteiger partial charge in [0.2, 0.25) is 0 Å². The lowest BCUT2D eigenvalue weighted by molar-refractivity contribution is 0.0946. The van der Waals surface area contributed by atoms with Gasteiger partial charge in [0.25, 0.3) is 11.8 Å². The highest BCUT2D eigenvalue weighted by atomic mass is 16.5. The Hall–Kier alpha value is -2.89. The molecule has 0 saturated heterocycles. The molecule has 0 bridgehead atoms. The second-order valence-electron chi connectivity index (χ2n) is 6.06. The van der Waals surface area contributed by atoms with Crippen LogP contribution in [0.3, 0.4) is 0 Å². The van der Waals surface area contributed by atoms with E-state index in [-0.39, 0.29) is 17.5 Å². The predicted octanol–water partition coefficient (Wildman–Crippen LogP) is 2.41. The second-order valence-corrected chi connectivity index (χ2v) is 6.06. The number of rotatable bonds is 7. The van der Waals surface area contributed by atoms with Crippen molar-refractivity contribution in [1.82, 2.24) is 15.6 Å². The van der Waals surface area contributed by atoms with Crippen molar-refractivity contribution in [2.24, 2.45) is 5.92 Å². The van der Waals surface area contributed by atoms with Crippen LogP contribution in [-0.4, -0.2) is 30.5 Å². The molecule has 6 heteroatoms. The number of ether oxygens (including phenoxy) is 1. The van der Waals surface area contributed by atoms with Crippen LogP contribution >= 0.6 is 0 Å². The molecule has 25 heavy (non-hydrogen) atoms. The summed E-state index contributed by atoms with van der Waals surface area (Å²) >= 11 is 0. The van der Waals surface area contributed by atoms with E-state index >= 15 is 0 Å². The first kappa shape index (κ1) is 18.4. The first-order valence-corrected chi connectivity index (χ1v) is 8.15. The van der Waals surface area contributed by atoms with Gasteiger partial charge >= 0.3 is 0 Å². The van der Waals surface area contributed by atoms with E-state index in [0.29, 0.717) is 24.6 Å². The molecule has 0 spiro atoms. The number of nitrogens with zero attached hydrogens (tertiary/aromatic N) is 1. The van der Waals surface area contributed by atoms with Gasteiger partial charge in [0.05, 0.1) is 7.11 Å². The van der Waals surface area contributed by atoms with Crippen molar-refractivity contribution in [1.29, 1.82) is 0 Å². The summed E-state index contributed by atoms with van der Waals surface area (Å²) in [6, 6.07) is 10.5. The third-order valence-corrected chi connectivity index (χ3v) is 3.54. The number of hydrogen-bond acceptors (Lipinski definition) is 4. The van der Waals surface area contributed by atoms with Gasteiger partial charge < -0.3 is 15.4 Å². The SMILES string of the molecule is COc1ccc(CNC(=O)c2cc(C(=O)NCC(C)C)ccn2)cc1. The van der Waals surface area contributed by atoms with Gasteiger partial charge in [0, 0.05) is 24.8 Å². The van der Waals surface area contributed by atoms with E-state index in [4.69, 9.17) is 4.74 Å². The Kier molecular flexibility index (Phi) is 6.51. The van der Waals surface area contributed by atoms with Crippen LogP contribution in [0.25, 0.3) is 0 Å². The Morgan fingerprint density at radius 2 is 1.80 bits per heavy atom. The van der Waals surface area contributed by atoms with Crippen molar-refractivity contribution in [3.8, 4) is 5.75 Å². The van der Waals surface area contributed by atoms with Crippen LogP contribution in [0, 0.1) is 5.92 Å². The maximum absolute atomic E-state index is 12.3. The molecule has 0 aliphatic rings. The zero-order chi connectivity index (χ0) is 18.2. The number of hydrogen-bond donors (Lipinski definition) is 2. The van der Waals surface area contributed by atoms with Crippen LogP contribution in [0.1, 0.15) is 40.3 Å². The predicted molar refractivity (Wildman–Crippen MR) is 95.6 cm³/mol. The topological polar surface area (TPSA) is 80.3 Å². The second kappa shape index (κ2) is 8.82. The van der Waals surface area contributed by atoms with Crippen LogP contribution in [0.15, 0.2) is 42.6 Å². The van der Waals surface area contributed by atoms with Gasteiger partial charge in [-0.25, -0.2) is 0 Å². The first-order chi connectivity index (χ1) is 12.0. The zero-order valence-corrected chi connectivity index (χ0v) is 14.7. The number of carbonyl (C=O) groups excluding carboxylic acids is 2. The van der Waals surface area contributed by atoms with E-state index in [1.54, 1.807) is 13.2 Å². The monoisotopic (exact) mass is 341 g/mol. The van der Waals surface area contributed by atoms with Crippen molar-refractivity contribution >= 4 is 11.8 Å². The van der Waals surface area contributed by atoms with Gasteiger partial charge in [0.1, 0.15) is 11.4 Å². The van der Waals surface area contributed by atoms with Crippen LogP contribution in [0.2, 0.25) is 0 Å². The molecule has 0 aliphatic heterocycles. The zero-order valence-electron chi connectivity index (χ0n) is 14.7. The van der Waals surface area contributed by atoms with Crippen LogP contribution in [0.5, 0.6) is 5.75 Å². The normalized spacial score (nSPS) is 10.4. The quantitative estimate of drug-likeness (QED) is 0.810. The number of nitrogens with one attached hydrogen (secondary N) is 2. The molecule has 0 aliphatic carbocycles. The first-order valence-electron chi connectivity index (χ1n) is 8.15. The van der Waals surface area contributed by atoms with E-state index in [9.17, 15) is 9.59 Å². The van der Waals surface area contributed by atoms with Crippen molar-refractivity contribution in [2.75, 3.05) is 13.7 Å². The smallest absolute Gasteiger partial charge is 0.270 e. The number of aromatic nitrogens is 1. The minimum absolute atomic E-state index is 0.208. The summed E-state index contributed by atoms with van der Waals surface area (Å²) in [4.78, 5) is 28.4. The molecule has 2 rings (SSSR count). The van der Waals surface area contributed by atoms with Gasteiger partial charge in [-0.3, -0.25) is 14.6 Å². The lowest BCUT2D eigenvalue weighted by Gasteiger charge is -2.09. The molecular weight excluding hydrogens is 318 g/mol. The highest BCUT2D eigenvalue weighted by molar-refractivity contribution is 5.98. The molecule has 0 atom stereocenters. The fourth-order valence-electron chi connectivity index (χ4n) is 2.11. The molecule has 6 nitrogen and oxygen atoms in total. The van der Waals surface area contributed by atoms with E-state index in [1.807, 2.05) is 38.1 Å². The summed E-state index contributed by atoms with van der Waals surface area (Å²) in [5.74, 6) is 0.588. The summed E-state index contributed by atoms with van der Waals surface area (Å²) in [5, 5.41) is 5.62. The van der Waals surface area contributed by atoms with Crippen molar-refractivity contribution in [3.63, 3.8) is 0 Å². The van der Waals surface area contributed by atoms with Crippen molar-refractivity contribution in [3.05, 3.63) is 59.4 Å². The van der Waals surface area contributed by atoms with Crippen molar-refractivity contribution in [2.45, 2.75) is 20.4 Å². The summed E-state index contributed by atoms with van der Waals surface area (Å²) in [7, 11) is 1.60. The standard InChI is InChI=1S/C19H23N3O3/c1-13(2)11-21-18(23)15-8-9-20-17(10-15)19(24)22-12-14-4-6-16(25-3)7-5-14/h4-10,13H,11-12H2,1-3H3,(H,21,23)(H,22,24). The third-order valence-electron chi connectivity index (χ3n) is 3.54. The van der Waals surface area contributed by atoms with Crippen molar-refractivity contribution < 1.29 is 14.3 Å². The van der Waals surface area contributed by atoms with Gasteiger partial charge in [-0.15, -0.1) is 0 Å². The number of pyridine rings is 1. The van der Waals surface area contributed by atoms with E-state index < -0.39 is 0 Å². The van der Waals surface area contributed by atoms with E-state index in [1.165, 1.54) is 12.3 Å². The Morgan fingerprint density at radius 1 is 1.08 bits per heavy atom. The molecular formula is C19H23N3O3. The lowest BCUT2D eigenvalue weighted by Crippen LogP contribution is -2.28. The molecule has 0 fully saturated rings. The van der Waals surface area contributed by atoms with Gasteiger partial charge in [-0.1, -0.05) is 26.0 Å². The fraction of sp³-hybridized carbons (Fsp3) is 0.316. The summed E-state index contributed by atoms with van der Waals surface area (Å²) < 4.78 is 5.10. The molecule has 2 aromatic rings. The fourth-order valence-corrected chi connectivity index (χ4v) is 2.11. The summed E-state index contributed by atoms with van der Waals surface area (Å²) in [6.45, 7) is 4.99. The molecule has 132 valence electrons. The average molecular weight is 341 g/mol. The minimum Gasteiger partial charge on any atom is -0.497 e. The molecule has 2 amide bonds. The van der Waals surface area contributed by atoms with Crippen LogP contribution in [-0.2, 0) is 6.54 Å². The van der Waals surface area contributed by atoms with Crippen LogP contribution < -0.4 is 15.4 Å².